The van der Waals surface area contributed by atoms with Gasteiger partial charge in [0.05, 0.1) is 11.7 Å². The second-order valence-corrected chi connectivity index (χ2v) is 14.1. The summed E-state index contributed by atoms with van der Waals surface area (Å²) in [6.07, 6.45) is 36.0. The Labute approximate surface area is 252 Å². The fourth-order valence-corrected chi connectivity index (χ4v) is 6.67. The van der Waals surface area contributed by atoms with Crippen LogP contribution in [-0.2, 0) is 4.74 Å². The summed E-state index contributed by atoms with van der Waals surface area (Å²) in [6, 6.07) is 0. The summed E-state index contributed by atoms with van der Waals surface area (Å²) >= 11 is 0. The van der Waals surface area contributed by atoms with Gasteiger partial charge in [0.2, 0.25) is 0 Å². The average Bonchev–Trinajstić information content (AvgIpc) is 3.25. The van der Waals surface area contributed by atoms with E-state index in [0.717, 1.165) is 6.42 Å². The molecule has 3 aliphatic rings. The smallest absolute Gasteiger partial charge is 0.0982 e. The van der Waals surface area contributed by atoms with E-state index in [1.165, 1.54) is 65.5 Å². The van der Waals surface area contributed by atoms with Crippen LogP contribution in [-0.4, -0.2) is 11.7 Å². The lowest BCUT2D eigenvalue weighted by Gasteiger charge is -2.42. The summed E-state index contributed by atoms with van der Waals surface area (Å²) in [6.45, 7) is 22.7. The summed E-state index contributed by atoms with van der Waals surface area (Å²) in [7, 11) is 0. The third-order valence-corrected chi connectivity index (χ3v) is 9.23. The van der Waals surface area contributed by atoms with Crippen molar-refractivity contribution >= 4 is 0 Å². The van der Waals surface area contributed by atoms with Crippen molar-refractivity contribution in [1.82, 2.24) is 0 Å². The van der Waals surface area contributed by atoms with Crippen LogP contribution in [0.25, 0.3) is 0 Å². The molecule has 1 heteroatoms. The summed E-state index contributed by atoms with van der Waals surface area (Å²) in [5.74, 6) is 0. The van der Waals surface area contributed by atoms with E-state index in [1.54, 1.807) is 5.57 Å². The normalized spacial score (nSPS) is 28.0. The Bertz CT molecular complexity index is 1260. The van der Waals surface area contributed by atoms with Gasteiger partial charge >= 0.3 is 0 Å². The highest BCUT2D eigenvalue weighted by Gasteiger charge is 2.47. The Hall–Kier alpha value is -2.64. The van der Waals surface area contributed by atoms with E-state index in [0.29, 0.717) is 0 Å². The topological polar surface area (TPSA) is 9.23 Å². The maximum Gasteiger partial charge on any atom is 0.0982 e. The molecule has 0 unspecified atom stereocenters. The quantitative estimate of drug-likeness (QED) is 0.204. The molecule has 1 aliphatic heterocycles. The summed E-state index contributed by atoms with van der Waals surface area (Å²) in [5, 5.41) is 0. The first-order chi connectivity index (χ1) is 19.2. The number of rotatable bonds is 9. The van der Waals surface area contributed by atoms with Gasteiger partial charge in [0.15, 0.2) is 0 Å². The van der Waals surface area contributed by atoms with Crippen LogP contribution in [0.4, 0.5) is 0 Å². The Morgan fingerprint density at radius 3 is 1.88 bits per heavy atom. The van der Waals surface area contributed by atoms with Crippen molar-refractivity contribution in [3.63, 3.8) is 0 Å². The van der Waals surface area contributed by atoms with Gasteiger partial charge in [-0.1, -0.05) is 123 Å². The molecule has 1 heterocycles. The standard InChI is InChI=1S/C40H56O/c1-30(19-13-20-32(3)24-25-35-33(4)23-15-26-38(35,6)7)17-11-12-18-31(2)21-14-22-34(5)36-29-37-39(8,9)27-16-28-40(37,10)41-36/h11-14,17-22,24-25,29,36H,15-16,23,26-28H2,1-10H3/b12-11+,19-13+,21-14+,25-24+,30-17+,31-18+,32-20+,34-22+/t36-,40-/m0/s1. The van der Waals surface area contributed by atoms with Crippen molar-refractivity contribution in [3.8, 4) is 0 Å². The third-order valence-electron chi connectivity index (χ3n) is 9.23. The summed E-state index contributed by atoms with van der Waals surface area (Å²) in [4.78, 5) is 0. The lowest BCUT2D eigenvalue weighted by atomic mass is 9.67. The first kappa shape index (κ1) is 32.9. The van der Waals surface area contributed by atoms with Gasteiger partial charge in [0, 0.05) is 0 Å². The molecule has 2 atom stereocenters. The number of ether oxygens (including phenoxy) is 1. The molecule has 222 valence electrons. The van der Waals surface area contributed by atoms with Crippen LogP contribution < -0.4 is 0 Å². The van der Waals surface area contributed by atoms with Crippen LogP contribution in [0.15, 0.2) is 118 Å². The molecule has 1 saturated carbocycles. The van der Waals surface area contributed by atoms with Crippen LogP contribution in [0, 0.1) is 10.8 Å². The van der Waals surface area contributed by atoms with E-state index in [2.05, 4.69) is 148 Å². The van der Waals surface area contributed by atoms with Crippen molar-refractivity contribution in [2.45, 2.75) is 119 Å². The number of allylic oxidation sites excluding steroid dienone is 17. The SMILES string of the molecule is CC1=C(/C=C/C(C)=C/C=C/C(C)=C/C=C/C=C(C)/C=C/C=C(\C)[C@@H]2C=C3C(C)(C)CCC[C@]3(C)O2)C(C)(C)CCC1. The molecule has 41 heavy (non-hydrogen) atoms. The largest absolute Gasteiger partial charge is 0.359 e. The highest BCUT2D eigenvalue weighted by Crippen LogP contribution is 2.51. The van der Waals surface area contributed by atoms with Gasteiger partial charge in [0.1, 0.15) is 0 Å². The average molecular weight is 553 g/mol. The Balaban J connectivity index is 1.51. The zero-order chi connectivity index (χ0) is 30.3. The Kier molecular flexibility index (Phi) is 11.2. The molecule has 0 aromatic carbocycles. The van der Waals surface area contributed by atoms with E-state index in [4.69, 9.17) is 4.74 Å². The maximum absolute atomic E-state index is 6.56. The maximum atomic E-state index is 6.56. The minimum atomic E-state index is -0.0952. The number of hydrogen-bond acceptors (Lipinski definition) is 1. The molecule has 0 aromatic heterocycles. The van der Waals surface area contributed by atoms with Crippen molar-refractivity contribution in [2.24, 2.45) is 10.8 Å². The molecule has 0 spiro atoms. The van der Waals surface area contributed by atoms with Crippen molar-refractivity contribution in [1.29, 1.82) is 0 Å². The third kappa shape index (κ3) is 9.17. The Morgan fingerprint density at radius 2 is 1.27 bits per heavy atom. The van der Waals surface area contributed by atoms with Gasteiger partial charge in [-0.25, -0.2) is 0 Å². The number of hydrogen-bond donors (Lipinski definition) is 0. The fourth-order valence-electron chi connectivity index (χ4n) is 6.67. The van der Waals surface area contributed by atoms with Crippen LogP contribution >= 0.6 is 0 Å². The van der Waals surface area contributed by atoms with Gasteiger partial charge in [-0.3, -0.25) is 0 Å². The minimum Gasteiger partial charge on any atom is -0.359 e. The van der Waals surface area contributed by atoms with Gasteiger partial charge in [-0.15, -0.1) is 0 Å². The predicted octanol–water partition coefficient (Wildman–Crippen LogP) is 11.8. The molecule has 0 radical (unpaired) electrons. The molecule has 3 rings (SSSR count). The van der Waals surface area contributed by atoms with Gasteiger partial charge in [0.25, 0.3) is 0 Å². The van der Waals surface area contributed by atoms with Gasteiger partial charge < -0.3 is 4.74 Å². The fraction of sp³-hybridized carbons (Fsp3) is 0.500. The van der Waals surface area contributed by atoms with Crippen molar-refractivity contribution in [2.75, 3.05) is 0 Å². The summed E-state index contributed by atoms with van der Waals surface area (Å²) in [5.41, 5.74) is 9.97. The van der Waals surface area contributed by atoms with Crippen LogP contribution in [0.5, 0.6) is 0 Å². The molecule has 1 fully saturated rings. The van der Waals surface area contributed by atoms with E-state index in [1.807, 2.05) is 0 Å². The highest BCUT2D eigenvalue weighted by atomic mass is 16.5. The first-order valence-corrected chi connectivity index (χ1v) is 15.7. The molecular formula is C40H56O. The second kappa shape index (κ2) is 14.0. The molecular weight excluding hydrogens is 496 g/mol. The van der Waals surface area contributed by atoms with Crippen LogP contribution in [0.3, 0.4) is 0 Å². The molecule has 2 aliphatic carbocycles. The summed E-state index contributed by atoms with van der Waals surface area (Å²) < 4.78 is 6.56. The highest BCUT2D eigenvalue weighted by molar-refractivity contribution is 5.38. The molecule has 0 saturated heterocycles. The van der Waals surface area contributed by atoms with Gasteiger partial charge in [-0.2, -0.15) is 0 Å². The molecule has 1 nitrogen and oxygen atoms in total. The molecule has 0 bridgehead atoms. The van der Waals surface area contributed by atoms with E-state index < -0.39 is 0 Å². The van der Waals surface area contributed by atoms with E-state index in [9.17, 15) is 0 Å². The zero-order valence-corrected chi connectivity index (χ0v) is 27.7. The lowest BCUT2D eigenvalue weighted by Crippen LogP contribution is -2.39. The molecule has 0 amide bonds. The van der Waals surface area contributed by atoms with Gasteiger partial charge in [-0.05, 0) is 114 Å². The van der Waals surface area contributed by atoms with E-state index in [-0.39, 0.29) is 22.5 Å². The second-order valence-electron chi connectivity index (χ2n) is 14.1. The lowest BCUT2D eigenvalue weighted by molar-refractivity contribution is -0.0307. The predicted molar refractivity (Wildman–Crippen MR) is 181 cm³/mol. The number of fused-ring (bicyclic) bond motifs is 1. The van der Waals surface area contributed by atoms with Crippen molar-refractivity contribution < 1.29 is 4.74 Å². The first-order valence-electron chi connectivity index (χ1n) is 15.7. The van der Waals surface area contributed by atoms with E-state index >= 15 is 0 Å². The monoisotopic (exact) mass is 552 g/mol. The zero-order valence-electron chi connectivity index (χ0n) is 27.7. The Morgan fingerprint density at radius 1 is 0.707 bits per heavy atom. The van der Waals surface area contributed by atoms with Crippen LogP contribution in [0.2, 0.25) is 0 Å². The van der Waals surface area contributed by atoms with Crippen molar-refractivity contribution in [3.05, 3.63) is 118 Å². The molecule has 0 aromatic rings. The molecule has 0 N–H and O–H groups in total. The minimum absolute atomic E-state index is 0.0858. The van der Waals surface area contributed by atoms with Crippen LogP contribution in [0.1, 0.15) is 108 Å².